The zero-order chi connectivity index (χ0) is 25.3. The fourth-order valence-corrected chi connectivity index (χ4v) is 4.22. The molecule has 0 unspecified atom stereocenters. The molecule has 1 amide bonds. The van der Waals surface area contributed by atoms with E-state index in [2.05, 4.69) is 15.5 Å². The average Bonchev–Trinajstić information content (AvgIpc) is 3.31. The smallest absolute Gasteiger partial charge is 0.251 e. The molecular formula is C26H28ClN5O3. The lowest BCUT2D eigenvalue weighted by Crippen LogP contribution is -2.43. The van der Waals surface area contributed by atoms with E-state index >= 15 is 0 Å². The number of nitrogens with one attached hydrogen (secondary N) is 1. The number of aryl methyl sites for hydroxylation is 2. The van der Waals surface area contributed by atoms with Crippen molar-refractivity contribution in [2.24, 2.45) is 0 Å². The van der Waals surface area contributed by atoms with Crippen molar-refractivity contribution in [3.8, 4) is 11.4 Å². The monoisotopic (exact) mass is 493 g/mol. The largest absolute Gasteiger partial charge is 0.487 e. The van der Waals surface area contributed by atoms with Gasteiger partial charge >= 0.3 is 0 Å². The molecule has 0 bridgehead atoms. The maximum atomic E-state index is 12.4. The molecular weight excluding hydrogens is 466 g/mol. The summed E-state index contributed by atoms with van der Waals surface area (Å²) < 4.78 is 6.26. The Balaban J connectivity index is 1.69. The number of benzene rings is 2. The quantitative estimate of drug-likeness (QED) is 0.389. The molecule has 35 heavy (non-hydrogen) atoms. The summed E-state index contributed by atoms with van der Waals surface area (Å²) in [4.78, 5) is 18.6. The molecule has 1 atom stereocenters. The molecule has 0 aliphatic heterocycles. The number of pyridine rings is 1. The maximum absolute atomic E-state index is 12.4. The van der Waals surface area contributed by atoms with Crippen molar-refractivity contribution in [3.63, 3.8) is 0 Å². The van der Waals surface area contributed by atoms with Gasteiger partial charge in [-0.25, -0.2) is 4.98 Å². The van der Waals surface area contributed by atoms with Gasteiger partial charge in [0, 0.05) is 21.7 Å². The van der Waals surface area contributed by atoms with Crippen molar-refractivity contribution in [1.29, 1.82) is 0 Å². The Kier molecular flexibility index (Phi) is 6.78. The zero-order valence-electron chi connectivity index (χ0n) is 20.3. The first-order valence-electron chi connectivity index (χ1n) is 11.3. The summed E-state index contributed by atoms with van der Waals surface area (Å²) in [7, 11) is 0. The molecule has 0 aliphatic rings. The maximum Gasteiger partial charge on any atom is 0.251 e. The van der Waals surface area contributed by atoms with Crippen LogP contribution in [0.5, 0.6) is 5.75 Å². The molecule has 0 saturated carbocycles. The summed E-state index contributed by atoms with van der Waals surface area (Å²) in [5.41, 5.74) is 3.33. The summed E-state index contributed by atoms with van der Waals surface area (Å²) in [6.07, 6.45) is 3.25. The number of halogens is 1. The molecule has 0 saturated heterocycles. The molecule has 2 aromatic heterocycles. The van der Waals surface area contributed by atoms with Crippen molar-refractivity contribution in [1.82, 2.24) is 25.3 Å². The molecule has 0 fully saturated rings. The third kappa shape index (κ3) is 5.28. The number of para-hydroxylation sites is 1. The van der Waals surface area contributed by atoms with E-state index in [4.69, 9.17) is 21.3 Å². The van der Waals surface area contributed by atoms with E-state index in [9.17, 15) is 9.90 Å². The van der Waals surface area contributed by atoms with Crippen molar-refractivity contribution < 1.29 is 14.6 Å². The molecule has 2 heterocycles. The van der Waals surface area contributed by atoms with Crippen LogP contribution in [-0.2, 0) is 11.4 Å². The lowest BCUT2D eigenvalue weighted by atomic mass is 9.98. The van der Waals surface area contributed by atoms with Crippen molar-refractivity contribution in [2.75, 3.05) is 0 Å². The zero-order valence-corrected chi connectivity index (χ0v) is 21.1. The highest BCUT2D eigenvalue weighted by Crippen LogP contribution is 2.32. The summed E-state index contributed by atoms with van der Waals surface area (Å²) in [6, 6.07) is 11.1. The van der Waals surface area contributed by atoms with Crippen LogP contribution < -0.4 is 10.1 Å². The highest BCUT2D eigenvalue weighted by atomic mass is 35.5. The highest BCUT2D eigenvalue weighted by molar-refractivity contribution is 6.31. The topological polar surface area (TPSA) is 102 Å². The van der Waals surface area contributed by atoms with Crippen molar-refractivity contribution in [2.45, 2.75) is 52.9 Å². The number of nitrogens with zero attached hydrogens (tertiary/aromatic N) is 4. The fourth-order valence-electron chi connectivity index (χ4n) is 3.89. The number of hydrogen-bond donors (Lipinski definition) is 2. The predicted octanol–water partition coefficient (Wildman–Crippen LogP) is 4.61. The van der Waals surface area contributed by atoms with Crippen molar-refractivity contribution in [3.05, 3.63) is 76.2 Å². The average molecular weight is 494 g/mol. The van der Waals surface area contributed by atoms with Gasteiger partial charge in [-0.3, -0.25) is 4.79 Å². The number of rotatable bonds is 7. The van der Waals surface area contributed by atoms with E-state index in [1.165, 1.54) is 13.8 Å². The van der Waals surface area contributed by atoms with Gasteiger partial charge in [0.2, 0.25) is 0 Å². The number of aliphatic hydroxyl groups is 1. The van der Waals surface area contributed by atoms with Crippen LogP contribution in [-0.4, -0.2) is 36.6 Å². The van der Waals surface area contributed by atoms with E-state index in [1.807, 2.05) is 57.2 Å². The van der Waals surface area contributed by atoms with Crippen LogP contribution in [0.1, 0.15) is 49.2 Å². The number of carbonyl (C=O) groups excluding carboxylic acids is 1. The molecule has 0 radical (unpaired) electrons. The number of hydrogen-bond acceptors (Lipinski definition) is 6. The Morgan fingerprint density at radius 2 is 1.91 bits per heavy atom. The Hall–Kier alpha value is -3.49. The lowest BCUT2D eigenvalue weighted by molar-refractivity contribution is -0.137. The molecule has 8 nitrogen and oxygen atoms in total. The molecule has 0 aliphatic carbocycles. The van der Waals surface area contributed by atoms with Gasteiger partial charge in [0.25, 0.3) is 5.91 Å². The molecule has 9 heteroatoms. The van der Waals surface area contributed by atoms with E-state index in [0.717, 1.165) is 33.5 Å². The molecule has 2 aromatic carbocycles. The Labute approximate surface area is 208 Å². The van der Waals surface area contributed by atoms with Crippen LogP contribution in [0.2, 0.25) is 5.02 Å². The van der Waals surface area contributed by atoms with Crippen LogP contribution in [0, 0.1) is 13.8 Å². The second kappa shape index (κ2) is 9.64. The van der Waals surface area contributed by atoms with Gasteiger partial charge in [-0.15, -0.1) is 0 Å². The second-order valence-corrected chi connectivity index (χ2v) is 9.52. The van der Waals surface area contributed by atoms with Crippen LogP contribution in [0.4, 0.5) is 0 Å². The van der Waals surface area contributed by atoms with Gasteiger partial charge < -0.3 is 15.2 Å². The summed E-state index contributed by atoms with van der Waals surface area (Å²) in [6.45, 7) is 8.76. The molecule has 0 spiro atoms. The third-order valence-corrected chi connectivity index (χ3v) is 6.00. The lowest BCUT2D eigenvalue weighted by Gasteiger charge is -2.24. The Morgan fingerprint density at radius 3 is 2.60 bits per heavy atom. The van der Waals surface area contributed by atoms with Gasteiger partial charge in [-0.05, 0) is 63.9 Å². The Morgan fingerprint density at radius 1 is 1.20 bits per heavy atom. The SMILES string of the molecule is Cc1cc(Cl)c(COc2cccc3c(-n4nccn4)cc(C)nc23)c([C@H](C)NC(=O)C(C)(C)O)c1. The van der Waals surface area contributed by atoms with E-state index < -0.39 is 17.6 Å². The van der Waals surface area contributed by atoms with Gasteiger partial charge in [-0.1, -0.05) is 29.8 Å². The van der Waals surface area contributed by atoms with Gasteiger partial charge in [0.15, 0.2) is 0 Å². The molecule has 2 N–H and O–H groups in total. The van der Waals surface area contributed by atoms with Crippen LogP contribution in [0.25, 0.3) is 16.6 Å². The predicted molar refractivity (Wildman–Crippen MR) is 135 cm³/mol. The minimum atomic E-state index is -1.49. The van der Waals surface area contributed by atoms with E-state index in [1.54, 1.807) is 17.2 Å². The van der Waals surface area contributed by atoms with Crippen molar-refractivity contribution >= 4 is 28.4 Å². The van der Waals surface area contributed by atoms with Gasteiger partial charge in [-0.2, -0.15) is 15.0 Å². The van der Waals surface area contributed by atoms with Gasteiger partial charge in [0.05, 0.1) is 24.1 Å². The second-order valence-electron chi connectivity index (χ2n) is 9.11. The summed E-state index contributed by atoms with van der Waals surface area (Å²) in [5.74, 6) is 0.123. The van der Waals surface area contributed by atoms with Crippen LogP contribution >= 0.6 is 11.6 Å². The number of aromatic nitrogens is 4. The van der Waals surface area contributed by atoms with E-state index in [0.29, 0.717) is 16.3 Å². The first-order chi connectivity index (χ1) is 16.5. The van der Waals surface area contributed by atoms with E-state index in [-0.39, 0.29) is 6.61 Å². The Bertz CT molecular complexity index is 1380. The summed E-state index contributed by atoms with van der Waals surface area (Å²) >= 11 is 6.63. The first kappa shape index (κ1) is 24.6. The number of fused-ring (bicyclic) bond motifs is 1. The number of carbonyl (C=O) groups is 1. The first-order valence-corrected chi connectivity index (χ1v) is 11.6. The minimum absolute atomic E-state index is 0.168. The highest BCUT2D eigenvalue weighted by Gasteiger charge is 2.26. The normalized spacial score (nSPS) is 12.5. The number of ether oxygens (including phenoxy) is 1. The third-order valence-electron chi connectivity index (χ3n) is 5.66. The molecule has 182 valence electrons. The molecule has 4 aromatic rings. The minimum Gasteiger partial charge on any atom is -0.487 e. The van der Waals surface area contributed by atoms with Crippen LogP contribution in [0.3, 0.4) is 0 Å². The summed E-state index contributed by atoms with van der Waals surface area (Å²) in [5, 5.41) is 22.8. The number of amides is 1. The standard InChI is InChI=1S/C26H28ClN5O3/c1-15-11-19(17(3)31-25(33)26(4,5)34)20(21(27)12-15)14-35-23-8-6-7-18-22(32-28-9-10-29-32)13-16(2)30-24(18)23/h6-13,17,34H,14H2,1-5H3,(H,31,33)/t17-/m0/s1. The fraction of sp³-hybridized carbons (Fsp3) is 0.308. The van der Waals surface area contributed by atoms with Crippen LogP contribution in [0.15, 0.2) is 48.8 Å². The molecule has 4 rings (SSSR count). The van der Waals surface area contributed by atoms with Gasteiger partial charge in [0.1, 0.15) is 23.5 Å².